The van der Waals surface area contributed by atoms with Crippen molar-refractivity contribution < 1.29 is 14.7 Å². The lowest BCUT2D eigenvalue weighted by Crippen LogP contribution is -2.39. The van der Waals surface area contributed by atoms with E-state index < -0.39 is 5.97 Å². The number of halogens is 1. The fraction of sp³-hybridized carbons (Fsp3) is 0.375. The Morgan fingerprint density at radius 3 is 2.59 bits per heavy atom. The second-order valence-corrected chi connectivity index (χ2v) is 6.49. The molecule has 1 fully saturated rings. The number of likely N-dealkylation sites (tertiary alicyclic amines) is 1. The molecule has 1 amide bonds. The molecule has 0 bridgehead atoms. The molecule has 2 heterocycles. The molecule has 1 saturated heterocycles. The fourth-order valence-electron chi connectivity index (χ4n) is 3.00. The van der Waals surface area contributed by atoms with Crippen LogP contribution in [0.25, 0.3) is 10.9 Å². The number of carbonyl (C=O) groups excluding carboxylic acids is 1. The molecule has 6 heteroatoms. The molecule has 1 aromatic heterocycles. The van der Waals surface area contributed by atoms with E-state index in [0.29, 0.717) is 18.8 Å². The second kappa shape index (κ2) is 6.12. The van der Waals surface area contributed by atoms with Crippen molar-refractivity contribution in [1.29, 1.82) is 0 Å². The summed E-state index contributed by atoms with van der Waals surface area (Å²) in [7, 11) is 0. The molecular weight excluding hydrogens is 348 g/mol. The zero-order valence-corrected chi connectivity index (χ0v) is 13.6. The number of carbonyl (C=O) groups is 2. The van der Waals surface area contributed by atoms with Crippen molar-refractivity contribution in [1.82, 2.24) is 9.88 Å². The molecule has 0 atom stereocenters. The summed E-state index contributed by atoms with van der Waals surface area (Å²) in [5, 5.41) is 9.84. The number of aromatic nitrogens is 1. The zero-order valence-electron chi connectivity index (χ0n) is 12.0. The van der Waals surface area contributed by atoms with E-state index in [2.05, 4.69) is 20.9 Å². The van der Waals surface area contributed by atoms with Crippen LogP contribution in [-0.4, -0.2) is 40.0 Å². The van der Waals surface area contributed by atoms with Gasteiger partial charge in [0.15, 0.2) is 0 Å². The minimum absolute atomic E-state index is 0.0307. The molecule has 0 aliphatic carbocycles. The quantitative estimate of drug-likeness (QED) is 0.877. The Morgan fingerprint density at radius 2 is 1.95 bits per heavy atom. The Morgan fingerprint density at radius 1 is 1.27 bits per heavy atom. The molecule has 0 saturated carbocycles. The van der Waals surface area contributed by atoms with Crippen molar-refractivity contribution in [3.63, 3.8) is 0 Å². The monoisotopic (exact) mass is 364 g/mol. The van der Waals surface area contributed by atoms with Gasteiger partial charge in [0.05, 0.1) is 4.47 Å². The predicted molar refractivity (Wildman–Crippen MR) is 86.9 cm³/mol. The number of amides is 1. The Bertz CT molecular complexity index is 717. The highest BCUT2D eigenvalue weighted by atomic mass is 79.9. The molecule has 116 valence electrons. The van der Waals surface area contributed by atoms with Crippen LogP contribution < -0.4 is 0 Å². The molecule has 1 aliphatic rings. The zero-order chi connectivity index (χ0) is 15.7. The van der Waals surface area contributed by atoms with Gasteiger partial charge in [-0.2, -0.15) is 0 Å². The largest absolute Gasteiger partial charge is 0.481 e. The van der Waals surface area contributed by atoms with Gasteiger partial charge in [0, 0.05) is 30.4 Å². The van der Waals surface area contributed by atoms with Gasteiger partial charge in [0.1, 0.15) is 5.69 Å². The normalized spacial score (nSPS) is 16.1. The number of aromatic amines is 1. The third-order valence-corrected chi connectivity index (χ3v) is 5.05. The van der Waals surface area contributed by atoms with Crippen LogP contribution in [0.4, 0.5) is 0 Å². The fourth-order valence-corrected chi connectivity index (χ4v) is 3.61. The molecule has 1 aromatic carbocycles. The third-order valence-electron chi connectivity index (χ3n) is 4.22. The summed E-state index contributed by atoms with van der Waals surface area (Å²) in [5.74, 6) is -0.618. The number of benzene rings is 1. The second-order valence-electron chi connectivity index (χ2n) is 5.69. The van der Waals surface area contributed by atoms with Gasteiger partial charge >= 0.3 is 5.97 Å². The number of rotatable bonds is 3. The predicted octanol–water partition coefficient (Wildman–Crippen LogP) is 3.26. The first-order chi connectivity index (χ1) is 10.6. The summed E-state index contributed by atoms with van der Waals surface area (Å²) < 4.78 is 0.792. The summed E-state index contributed by atoms with van der Waals surface area (Å²) in [6.45, 7) is 1.22. The minimum Gasteiger partial charge on any atom is -0.481 e. The van der Waals surface area contributed by atoms with Gasteiger partial charge in [-0.05, 0) is 40.8 Å². The Labute approximate surface area is 136 Å². The average molecular weight is 365 g/mol. The van der Waals surface area contributed by atoms with Crippen molar-refractivity contribution in [2.24, 2.45) is 5.92 Å². The van der Waals surface area contributed by atoms with Crippen LogP contribution in [0.1, 0.15) is 29.8 Å². The Kier molecular flexibility index (Phi) is 4.20. The summed E-state index contributed by atoms with van der Waals surface area (Å²) in [5.41, 5.74) is 1.50. The maximum Gasteiger partial charge on any atom is 0.303 e. The number of para-hydroxylation sites is 1. The lowest BCUT2D eigenvalue weighted by Gasteiger charge is -2.31. The van der Waals surface area contributed by atoms with E-state index >= 15 is 0 Å². The topological polar surface area (TPSA) is 73.4 Å². The number of hydrogen-bond acceptors (Lipinski definition) is 2. The van der Waals surface area contributed by atoms with E-state index in [4.69, 9.17) is 5.11 Å². The number of aliphatic carboxylic acids is 1. The highest BCUT2D eigenvalue weighted by Crippen LogP contribution is 2.30. The standard InChI is InChI=1S/C16H17BrN2O3/c17-14-11-3-1-2-4-12(11)18-15(14)16(22)19-7-5-10(6-8-19)9-13(20)21/h1-4,10,18H,5-9H2,(H,20,21). The van der Waals surface area contributed by atoms with Gasteiger partial charge in [-0.3, -0.25) is 9.59 Å². The number of H-pyrrole nitrogens is 1. The highest BCUT2D eigenvalue weighted by molar-refractivity contribution is 9.10. The molecule has 0 radical (unpaired) electrons. The van der Waals surface area contributed by atoms with Gasteiger partial charge in [0.25, 0.3) is 5.91 Å². The first-order valence-electron chi connectivity index (χ1n) is 7.33. The van der Waals surface area contributed by atoms with Gasteiger partial charge < -0.3 is 15.0 Å². The first kappa shape index (κ1) is 15.1. The number of nitrogens with one attached hydrogen (secondary N) is 1. The Hall–Kier alpha value is -1.82. The van der Waals surface area contributed by atoms with E-state index in [1.54, 1.807) is 4.90 Å². The number of hydrogen-bond donors (Lipinski definition) is 2. The Balaban J connectivity index is 1.74. The van der Waals surface area contributed by atoms with Crippen LogP contribution in [0.3, 0.4) is 0 Å². The number of piperidine rings is 1. The van der Waals surface area contributed by atoms with Crippen molar-refractivity contribution in [3.8, 4) is 0 Å². The molecule has 2 N–H and O–H groups in total. The van der Waals surface area contributed by atoms with E-state index in [0.717, 1.165) is 28.2 Å². The number of carboxylic acid groups (broad SMARTS) is 1. The van der Waals surface area contributed by atoms with Crippen molar-refractivity contribution in [2.75, 3.05) is 13.1 Å². The summed E-state index contributed by atoms with van der Waals surface area (Å²) in [4.78, 5) is 28.4. The summed E-state index contributed by atoms with van der Waals surface area (Å²) in [6.07, 6.45) is 1.68. The lowest BCUT2D eigenvalue weighted by molar-refractivity contribution is -0.138. The van der Waals surface area contributed by atoms with Gasteiger partial charge in [-0.1, -0.05) is 18.2 Å². The maximum atomic E-state index is 12.7. The smallest absolute Gasteiger partial charge is 0.303 e. The molecule has 0 spiro atoms. The maximum absolute atomic E-state index is 12.7. The minimum atomic E-state index is -0.761. The lowest BCUT2D eigenvalue weighted by atomic mass is 9.93. The van der Waals surface area contributed by atoms with E-state index in [-0.39, 0.29) is 18.2 Å². The van der Waals surface area contributed by atoms with Gasteiger partial charge in [-0.15, -0.1) is 0 Å². The highest BCUT2D eigenvalue weighted by Gasteiger charge is 2.27. The summed E-state index contributed by atoms with van der Waals surface area (Å²) >= 11 is 3.51. The molecule has 5 nitrogen and oxygen atoms in total. The van der Waals surface area contributed by atoms with Crippen LogP contribution in [-0.2, 0) is 4.79 Å². The van der Waals surface area contributed by atoms with Crippen LogP contribution in [0.5, 0.6) is 0 Å². The van der Waals surface area contributed by atoms with E-state index in [1.807, 2.05) is 24.3 Å². The van der Waals surface area contributed by atoms with Gasteiger partial charge in [0.2, 0.25) is 0 Å². The number of nitrogens with zero attached hydrogens (tertiary/aromatic N) is 1. The molecule has 22 heavy (non-hydrogen) atoms. The van der Waals surface area contributed by atoms with E-state index in [1.165, 1.54) is 0 Å². The van der Waals surface area contributed by atoms with Crippen LogP contribution in [0.15, 0.2) is 28.7 Å². The van der Waals surface area contributed by atoms with E-state index in [9.17, 15) is 9.59 Å². The van der Waals surface area contributed by atoms with Crippen LogP contribution in [0.2, 0.25) is 0 Å². The molecular formula is C16H17BrN2O3. The number of carboxylic acids is 1. The van der Waals surface area contributed by atoms with Crippen molar-refractivity contribution in [3.05, 3.63) is 34.4 Å². The molecule has 0 unspecified atom stereocenters. The van der Waals surface area contributed by atoms with Crippen molar-refractivity contribution >= 4 is 38.7 Å². The SMILES string of the molecule is O=C(O)CC1CCN(C(=O)c2[nH]c3ccccc3c2Br)CC1. The third kappa shape index (κ3) is 2.88. The molecule has 1 aliphatic heterocycles. The number of fused-ring (bicyclic) bond motifs is 1. The van der Waals surface area contributed by atoms with Crippen molar-refractivity contribution in [2.45, 2.75) is 19.3 Å². The molecule has 2 aromatic rings. The average Bonchev–Trinajstić information content (AvgIpc) is 2.84. The van der Waals surface area contributed by atoms with Crippen LogP contribution >= 0.6 is 15.9 Å². The van der Waals surface area contributed by atoms with Gasteiger partial charge in [-0.25, -0.2) is 0 Å². The first-order valence-corrected chi connectivity index (χ1v) is 8.13. The van der Waals surface area contributed by atoms with Crippen LogP contribution in [0, 0.1) is 5.92 Å². The summed E-state index contributed by atoms with van der Waals surface area (Å²) in [6, 6.07) is 7.77. The molecule has 3 rings (SSSR count).